The molecule has 1 aromatic carbocycles. The third-order valence-electron chi connectivity index (χ3n) is 4.32. The smallest absolute Gasteiger partial charge is 0.273 e. The number of hydrogen-bond acceptors (Lipinski definition) is 6. The molecule has 0 aliphatic carbocycles. The molecule has 0 saturated heterocycles. The highest BCUT2D eigenvalue weighted by Crippen LogP contribution is 2.16. The molecule has 1 aromatic heterocycles. The van der Waals surface area contributed by atoms with Gasteiger partial charge in [-0.2, -0.15) is 9.90 Å². The first-order valence-corrected chi connectivity index (χ1v) is 8.24. The average molecular weight is 376 g/mol. The van der Waals surface area contributed by atoms with Crippen LogP contribution in [-0.4, -0.2) is 52.3 Å². The number of aromatic nitrogens is 3. The van der Waals surface area contributed by atoms with Crippen LogP contribution in [0.5, 0.6) is 0 Å². The molecular weight excluding hydrogens is 355 g/mol. The average Bonchev–Trinajstić information content (AvgIpc) is 3.12. The van der Waals surface area contributed by atoms with Crippen LogP contribution in [0.25, 0.3) is 5.69 Å². The van der Waals surface area contributed by atoms with E-state index in [9.17, 15) is 18.8 Å². The molecule has 0 fully saturated rings. The van der Waals surface area contributed by atoms with Gasteiger partial charge in [0.05, 0.1) is 11.9 Å². The molecule has 9 nitrogen and oxygen atoms in total. The Kier molecular flexibility index (Phi) is 6.35. The second kappa shape index (κ2) is 8.49. The summed E-state index contributed by atoms with van der Waals surface area (Å²) >= 11 is 0. The Balaban J connectivity index is 2.14. The van der Waals surface area contributed by atoms with Gasteiger partial charge in [-0.3, -0.25) is 19.7 Å². The zero-order valence-corrected chi connectivity index (χ0v) is 15.2. The minimum atomic E-state index is -1.19. The fraction of sp³-hybridized carbons (Fsp3) is 0.353. The largest absolute Gasteiger partial charge is 0.348 e. The van der Waals surface area contributed by atoms with Crippen molar-refractivity contribution in [3.8, 4) is 5.69 Å². The number of nitrogens with zero attached hydrogens (tertiary/aromatic N) is 3. The Morgan fingerprint density at radius 3 is 2.70 bits per heavy atom. The van der Waals surface area contributed by atoms with E-state index in [-0.39, 0.29) is 18.2 Å². The molecular formula is C17H21FN6O3. The van der Waals surface area contributed by atoms with Crippen molar-refractivity contribution in [2.75, 3.05) is 13.6 Å². The number of likely N-dealkylation sites (N-methyl/N-ethyl adjacent to an activating group) is 1. The lowest BCUT2D eigenvalue weighted by Crippen LogP contribution is -2.64. The van der Waals surface area contributed by atoms with E-state index < -0.39 is 23.2 Å². The summed E-state index contributed by atoms with van der Waals surface area (Å²) in [5, 5.41) is 15.6. The van der Waals surface area contributed by atoms with Crippen molar-refractivity contribution < 1.29 is 18.8 Å². The number of benzene rings is 1. The molecule has 144 valence electrons. The number of halogens is 1. The summed E-state index contributed by atoms with van der Waals surface area (Å²) in [6.07, 6.45) is 1.53. The second-order valence-electron chi connectivity index (χ2n) is 6.15. The van der Waals surface area contributed by atoms with Crippen molar-refractivity contribution >= 4 is 18.2 Å². The highest BCUT2D eigenvalue weighted by Gasteiger charge is 2.40. The lowest BCUT2D eigenvalue weighted by Gasteiger charge is -2.35. The molecule has 10 heteroatoms. The van der Waals surface area contributed by atoms with Gasteiger partial charge < -0.3 is 10.6 Å². The standard InChI is InChI=1S/C17H21FN6O3/c1-11(2)17(19-3,16(27)21-10-25)9-20-15(26)14-8-22-24(23-14)13-6-4-5-12(18)7-13/h4-8,10-11,19H,9H2,1-3H3,(H,20,26)(H,21,25,27). The third kappa shape index (κ3) is 4.34. The Bertz CT molecular complexity index is 838. The highest BCUT2D eigenvalue weighted by atomic mass is 19.1. The van der Waals surface area contributed by atoms with Crippen LogP contribution in [-0.2, 0) is 9.59 Å². The van der Waals surface area contributed by atoms with E-state index in [1.165, 1.54) is 24.4 Å². The lowest BCUT2D eigenvalue weighted by molar-refractivity contribution is -0.131. The van der Waals surface area contributed by atoms with Crippen LogP contribution in [0.1, 0.15) is 24.3 Å². The van der Waals surface area contributed by atoms with Crippen molar-refractivity contribution in [3.63, 3.8) is 0 Å². The molecule has 0 aliphatic rings. The van der Waals surface area contributed by atoms with E-state index in [0.29, 0.717) is 12.1 Å². The van der Waals surface area contributed by atoms with Gasteiger partial charge in [0.25, 0.3) is 5.91 Å². The van der Waals surface area contributed by atoms with Crippen molar-refractivity contribution in [1.82, 2.24) is 30.9 Å². The van der Waals surface area contributed by atoms with Gasteiger partial charge in [0.1, 0.15) is 11.4 Å². The molecule has 2 aromatic rings. The minimum absolute atomic E-state index is 0.00353. The molecule has 3 N–H and O–H groups in total. The second-order valence-corrected chi connectivity index (χ2v) is 6.15. The van der Waals surface area contributed by atoms with Gasteiger partial charge in [-0.25, -0.2) is 4.39 Å². The van der Waals surface area contributed by atoms with Crippen LogP contribution in [0.15, 0.2) is 30.5 Å². The van der Waals surface area contributed by atoms with E-state index in [0.717, 1.165) is 4.80 Å². The van der Waals surface area contributed by atoms with E-state index in [1.54, 1.807) is 27.0 Å². The number of amides is 3. The minimum Gasteiger partial charge on any atom is -0.348 e. The van der Waals surface area contributed by atoms with Crippen LogP contribution < -0.4 is 16.0 Å². The molecule has 0 radical (unpaired) electrons. The topological polar surface area (TPSA) is 118 Å². The summed E-state index contributed by atoms with van der Waals surface area (Å²) in [5.74, 6) is -1.80. The molecule has 1 heterocycles. The fourth-order valence-electron chi connectivity index (χ4n) is 2.62. The van der Waals surface area contributed by atoms with Gasteiger partial charge in [0.2, 0.25) is 12.3 Å². The van der Waals surface area contributed by atoms with Crippen molar-refractivity contribution in [2.45, 2.75) is 19.4 Å². The van der Waals surface area contributed by atoms with Crippen LogP contribution in [0, 0.1) is 11.7 Å². The van der Waals surface area contributed by atoms with E-state index >= 15 is 0 Å². The van der Waals surface area contributed by atoms with Crippen LogP contribution >= 0.6 is 0 Å². The van der Waals surface area contributed by atoms with E-state index in [4.69, 9.17) is 0 Å². The molecule has 2 rings (SSSR count). The molecule has 0 aliphatic heterocycles. The molecule has 1 unspecified atom stereocenters. The molecule has 0 spiro atoms. The molecule has 3 amide bonds. The normalized spacial score (nSPS) is 13.1. The molecule has 0 saturated carbocycles. The lowest BCUT2D eigenvalue weighted by atomic mass is 9.85. The van der Waals surface area contributed by atoms with E-state index in [2.05, 4.69) is 26.1 Å². The quantitative estimate of drug-likeness (QED) is 0.559. The van der Waals surface area contributed by atoms with E-state index in [1.807, 2.05) is 0 Å². The van der Waals surface area contributed by atoms with Gasteiger partial charge in [-0.1, -0.05) is 19.9 Å². The monoisotopic (exact) mass is 376 g/mol. The highest BCUT2D eigenvalue weighted by molar-refractivity contribution is 5.96. The summed E-state index contributed by atoms with van der Waals surface area (Å²) in [6, 6.07) is 5.62. The predicted octanol–water partition coefficient (Wildman–Crippen LogP) is 0.0230. The van der Waals surface area contributed by atoms with Crippen LogP contribution in [0.4, 0.5) is 4.39 Å². The number of imide groups is 1. The van der Waals surface area contributed by atoms with Crippen molar-refractivity contribution in [2.24, 2.45) is 5.92 Å². The van der Waals surface area contributed by atoms with Crippen molar-refractivity contribution in [3.05, 3.63) is 42.0 Å². The Labute approximate surface area is 155 Å². The third-order valence-corrected chi connectivity index (χ3v) is 4.32. The van der Waals surface area contributed by atoms with Crippen molar-refractivity contribution in [1.29, 1.82) is 0 Å². The number of carbonyl (C=O) groups excluding carboxylic acids is 3. The maximum absolute atomic E-state index is 13.3. The summed E-state index contributed by atoms with van der Waals surface area (Å²) in [6.45, 7) is 3.49. The Morgan fingerprint density at radius 1 is 1.37 bits per heavy atom. The maximum Gasteiger partial charge on any atom is 0.273 e. The van der Waals surface area contributed by atoms with Crippen LogP contribution in [0.3, 0.4) is 0 Å². The predicted molar refractivity (Wildman–Crippen MR) is 94.5 cm³/mol. The summed E-state index contributed by atoms with van der Waals surface area (Å²) in [4.78, 5) is 36.4. The summed E-state index contributed by atoms with van der Waals surface area (Å²) < 4.78 is 13.3. The number of carbonyl (C=O) groups is 3. The van der Waals surface area contributed by atoms with Gasteiger partial charge in [0.15, 0.2) is 5.69 Å². The molecule has 0 bridgehead atoms. The molecule has 27 heavy (non-hydrogen) atoms. The molecule has 1 atom stereocenters. The first-order chi connectivity index (χ1) is 12.8. The van der Waals surface area contributed by atoms with Gasteiger partial charge >= 0.3 is 0 Å². The fourth-order valence-corrected chi connectivity index (χ4v) is 2.62. The summed E-state index contributed by atoms with van der Waals surface area (Å²) in [5.41, 5.74) is -0.815. The SMILES string of the molecule is CNC(CNC(=O)c1cnn(-c2cccc(F)c2)n1)(C(=O)NC=O)C(C)C. The van der Waals surface area contributed by atoms with Gasteiger partial charge in [0, 0.05) is 12.6 Å². The zero-order chi connectivity index (χ0) is 20.0. The Morgan fingerprint density at radius 2 is 2.11 bits per heavy atom. The first-order valence-electron chi connectivity index (χ1n) is 8.24. The maximum atomic E-state index is 13.3. The number of nitrogens with one attached hydrogen (secondary N) is 3. The van der Waals surface area contributed by atoms with Gasteiger partial charge in [-0.05, 0) is 25.1 Å². The summed E-state index contributed by atoms with van der Waals surface area (Å²) in [7, 11) is 1.57. The number of rotatable bonds is 8. The first kappa shape index (κ1) is 20.2. The number of hydrogen-bond donors (Lipinski definition) is 3. The Hall–Kier alpha value is -3.14. The van der Waals surface area contributed by atoms with Crippen LogP contribution in [0.2, 0.25) is 0 Å². The zero-order valence-electron chi connectivity index (χ0n) is 15.2. The van der Waals surface area contributed by atoms with Gasteiger partial charge in [-0.15, -0.1) is 5.10 Å².